The van der Waals surface area contributed by atoms with Crippen molar-refractivity contribution in [2.24, 2.45) is 0 Å². The van der Waals surface area contributed by atoms with Gasteiger partial charge < -0.3 is 10.4 Å². The number of anilines is 1. The molecule has 0 aromatic heterocycles. The van der Waals surface area contributed by atoms with Crippen LogP contribution in [0, 0.1) is 0 Å². The maximum Gasteiger partial charge on any atom is 0.261 e. The van der Waals surface area contributed by atoms with Gasteiger partial charge in [0, 0.05) is 16.1 Å². The number of halogens is 2. The maximum atomic E-state index is 12.6. The van der Waals surface area contributed by atoms with Gasteiger partial charge in [-0.05, 0) is 36.5 Å². The van der Waals surface area contributed by atoms with Crippen LogP contribution >= 0.6 is 23.2 Å². The first kappa shape index (κ1) is 18.9. The van der Waals surface area contributed by atoms with Gasteiger partial charge in [0.1, 0.15) is 0 Å². The summed E-state index contributed by atoms with van der Waals surface area (Å²) in [5.41, 5.74) is 0.0725. The third-order valence-electron chi connectivity index (χ3n) is 4.83. The molecular weight excluding hydrogens is 373 g/mol. The van der Waals surface area contributed by atoms with E-state index in [2.05, 4.69) is 5.32 Å². The van der Waals surface area contributed by atoms with Gasteiger partial charge in [-0.1, -0.05) is 54.9 Å². The van der Waals surface area contributed by atoms with Gasteiger partial charge in [0.2, 0.25) is 0 Å². The number of amides is 1. The summed E-state index contributed by atoms with van der Waals surface area (Å²) in [7, 11) is 0. The zero-order valence-electron chi connectivity index (χ0n) is 13.2. The number of carbonyl (C=O) groups is 2. The fourth-order valence-electron chi connectivity index (χ4n) is 3.27. The molecule has 1 atom stereocenters. The van der Waals surface area contributed by atoms with E-state index in [1.807, 2.05) is 12.1 Å². The van der Waals surface area contributed by atoms with E-state index in [9.17, 15) is 14.7 Å². The average molecular weight is 392 g/mol. The molecule has 136 valence electrons. The van der Waals surface area contributed by atoms with E-state index >= 15 is 0 Å². The lowest BCUT2D eigenvalue weighted by Gasteiger charge is -2.21. The average Bonchev–Trinajstić information content (AvgIpc) is 3.39. The summed E-state index contributed by atoms with van der Waals surface area (Å²) in [6, 6.07) is 10.4. The Balaban J connectivity index is 0.00000196. The molecule has 2 aromatic carbocycles. The molecule has 1 aliphatic heterocycles. The summed E-state index contributed by atoms with van der Waals surface area (Å²) in [5, 5.41) is 13.9. The second kappa shape index (κ2) is 6.69. The Morgan fingerprint density at radius 3 is 2.35 bits per heavy atom. The molecule has 2 N–H and O–H groups in total. The minimum Gasteiger partial charge on any atom is -0.375 e. The number of carbonyl (C=O) groups excluding carboxylic acids is 2. The van der Waals surface area contributed by atoms with Crippen molar-refractivity contribution >= 4 is 40.6 Å². The van der Waals surface area contributed by atoms with Crippen LogP contribution in [0.3, 0.4) is 0 Å². The van der Waals surface area contributed by atoms with Crippen LogP contribution in [0.25, 0.3) is 0 Å². The van der Waals surface area contributed by atoms with E-state index in [0.29, 0.717) is 11.5 Å². The number of Topliss-reactive ketones (excluding diaryl/α,β-unsaturated/α-hetero) is 1. The first-order valence-electron chi connectivity index (χ1n) is 8.05. The molecule has 2 aliphatic rings. The van der Waals surface area contributed by atoms with Crippen LogP contribution in [-0.2, 0) is 10.4 Å². The zero-order chi connectivity index (χ0) is 17.8. The summed E-state index contributed by atoms with van der Waals surface area (Å²) in [4.78, 5) is 25.0. The van der Waals surface area contributed by atoms with Crippen LogP contribution in [0.1, 0.15) is 54.1 Å². The van der Waals surface area contributed by atoms with E-state index < -0.39 is 17.9 Å². The lowest BCUT2D eigenvalue weighted by Crippen LogP contribution is -2.36. The smallest absolute Gasteiger partial charge is 0.261 e. The van der Waals surface area contributed by atoms with Crippen LogP contribution in [0.5, 0.6) is 0 Å². The van der Waals surface area contributed by atoms with Crippen LogP contribution in [0.4, 0.5) is 5.69 Å². The van der Waals surface area contributed by atoms with Gasteiger partial charge in [-0.15, -0.1) is 0 Å². The SMILES string of the molecule is C.O=C(CC1(O)C(=O)Nc2c(Cl)ccc(Cl)c21)c1ccc(C2CC2)cc1. The molecule has 1 heterocycles. The van der Waals surface area contributed by atoms with Crippen molar-refractivity contribution in [1.82, 2.24) is 0 Å². The Morgan fingerprint density at radius 1 is 1.12 bits per heavy atom. The highest BCUT2D eigenvalue weighted by Crippen LogP contribution is 2.46. The molecule has 0 spiro atoms. The Kier molecular flexibility index (Phi) is 4.86. The molecule has 6 heteroatoms. The Labute approximate surface area is 162 Å². The quantitative estimate of drug-likeness (QED) is 0.726. The molecule has 4 nitrogen and oxygen atoms in total. The summed E-state index contributed by atoms with van der Waals surface area (Å²) in [5.74, 6) is -0.425. The summed E-state index contributed by atoms with van der Waals surface area (Å²) < 4.78 is 0. The Bertz CT molecular complexity index is 891. The molecule has 26 heavy (non-hydrogen) atoms. The second-order valence-electron chi connectivity index (χ2n) is 6.59. The number of fused-ring (bicyclic) bond motifs is 1. The monoisotopic (exact) mass is 391 g/mol. The van der Waals surface area contributed by atoms with Crippen molar-refractivity contribution in [1.29, 1.82) is 0 Å². The van der Waals surface area contributed by atoms with Crippen LogP contribution in [0.15, 0.2) is 36.4 Å². The van der Waals surface area contributed by atoms with Crippen molar-refractivity contribution in [2.45, 2.75) is 38.2 Å². The number of ketones is 1. The number of hydrogen-bond donors (Lipinski definition) is 2. The fraction of sp³-hybridized carbons (Fsp3) is 0.300. The minimum atomic E-state index is -2.02. The summed E-state index contributed by atoms with van der Waals surface area (Å²) in [6.45, 7) is 0. The molecule has 2 aromatic rings. The highest BCUT2D eigenvalue weighted by molar-refractivity contribution is 6.38. The molecule has 1 aliphatic carbocycles. The lowest BCUT2D eigenvalue weighted by atomic mass is 9.88. The molecule has 0 saturated heterocycles. The molecule has 0 bridgehead atoms. The molecular formula is C20H19Cl2NO3. The van der Waals surface area contributed by atoms with Gasteiger partial charge >= 0.3 is 0 Å². The van der Waals surface area contributed by atoms with Gasteiger partial charge in [-0.25, -0.2) is 0 Å². The largest absolute Gasteiger partial charge is 0.375 e. The summed E-state index contributed by atoms with van der Waals surface area (Å²) in [6.07, 6.45) is 1.97. The minimum absolute atomic E-state index is 0. The lowest BCUT2D eigenvalue weighted by molar-refractivity contribution is -0.133. The maximum absolute atomic E-state index is 12.6. The number of aliphatic hydroxyl groups is 1. The van der Waals surface area contributed by atoms with Gasteiger partial charge in [-0.3, -0.25) is 9.59 Å². The van der Waals surface area contributed by atoms with E-state index in [1.54, 1.807) is 12.1 Å². The van der Waals surface area contributed by atoms with Crippen LogP contribution in [0.2, 0.25) is 10.0 Å². The highest BCUT2D eigenvalue weighted by atomic mass is 35.5. The zero-order valence-corrected chi connectivity index (χ0v) is 14.7. The molecule has 1 saturated carbocycles. The van der Waals surface area contributed by atoms with Crippen molar-refractivity contribution < 1.29 is 14.7 Å². The van der Waals surface area contributed by atoms with Crippen molar-refractivity contribution in [3.05, 3.63) is 63.1 Å². The van der Waals surface area contributed by atoms with Gasteiger partial charge in [0.15, 0.2) is 11.4 Å². The molecule has 1 unspecified atom stereocenters. The van der Waals surface area contributed by atoms with Crippen molar-refractivity contribution in [3.8, 4) is 0 Å². The third kappa shape index (κ3) is 3.02. The van der Waals surface area contributed by atoms with E-state index in [0.717, 1.165) is 0 Å². The van der Waals surface area contributed by atoms with Crippen LogP contribution in [-0.4, -0.2) is 16.8 Å². The van der Waals surface area contributed by atoms with Gasteiger partial charge in [-0.2, -0.15) is 0 Å². The Hall–Kier alpha value is -1.88. The topological polar surface area (TPSA) is 66.4 Å². The fourth-order valence-corrected chi connectivity index (χ4v) is 3.79. The first-order valence-corrected chi connectivity index (χ1v) is 8.81. The molecule has 4 rings (SSSR count). The standard InChI is InChI=1S/C19H15Cl2NO3.CH4/c20-13-7-8-14(21)17-16(13)19(25,18(24)22-17)9-15(23)12-5-3-11(4-6-12)10-1-2-10;/h3-8,10,25H,1-2,9H2,(H,22,24);1H4. The van der Waals surface area contributed by atoms with Crippen molar-refractivity contribution in [2.75, 3.05) is 5.32 Å². The molecule has 1 amide bonds. The third-order valence-corrected chi connectivity index (χ3v) is 5.46. The number of benzene rings is 2. The molecule has 0 radical (unpaired) electrons. The van der Waals surface area contributed by atoms with Crippen molar-refractivity contribution in [3.63, 3.8) is 0 Å². The van der Waals surface area contributed by atoms with E-state index in [4.69, 9.17) is 23.2 Å². The Morgan fingerprint density at radius 2 is 1.73 bits per heavy atom. The number of hydrogen-bond acceptors (Lipinski definition) is 3. The second-order valence-corrected chi connectivity index (χ2v) is 7.40. The molecule has 1 fully saturated rings. The van der Waals surface area contributed by atoms with Gasteiger partial charge in [0.25, 0.3) is 5.91 Å². The predicted molar refractivity (Wildman–Crippen MR) is 103 cm³/mol. The highest BCUT2D eigenvalue weighted by Gasteiger charge is 2.49. The predicted octanol–water partition coefficient (Wildman–Crippen LogP) is 4.92. The normalized spacial score (nSPS) is 21.0. The van der Waals surface area contributed by atoms with E-state index in [1.165, 1.54) is 30.5 Å². The van der Waals surface area contributed by atoms with Gasteiger partial charge in [0.05, 0.1) is 17.1 Å². The summed E-state index contributed by atoms with van der Waals surface area (Å²) >= 11 is 12.2. The van der Waals surface area contributed by atoms with Crippen LogP contribution < -0.4 is 5.32 Å². The first-order chi connectivity index (χ1) is 11.9. The van der Waals surface area contributed by atoms with E-state index in [-0.39, 0.29) is 34.5 Å². The number of rotatable bonds is 4. The number of nitrogens with one attached hydrogen (secondary N) is 1.